The van der Waals surface area contributed by atoms with Crippen LogP contribution in [0.2, 0.25) is 0 Å². The first-order valence-electron chi connectivity index (χ1n) is 8.37. The maximum Gasteiger partial charge on any atom is 0.418 e. The summed E-state index contributed by atoms with van der Waals surface area (Å²) in [7, 11) is 0. The van der Waals surface area contributed by atoms with Crippen molar-refractivity contribution in [3.05, 3.63) is 35.9 Å². The van der Waals surface area contributed by atoms with E-state index in [4.69, 9.17) is 16.2 Å². The van der Waals surface area contributed by atoms with Crippen LogP contribution in [0.15, 0.2) is 30.3 Å². The second-order valence-corrected chi connectivity index (χ2v) is 6.36. The van der Waals surface area contributed by atoms with Crippen molar-refractivity contribution >= 4 is 23.8 Å². The average molecular weight is 379 g/mol. The lowest BCUT2D eigenvalue weighted by atomic mass is 9.80. The minimum atomic E-state index is -2.52. The number of carbonyl (C=O) groups is 4. The number of Topliss-reactive ketones (excluding diaryl/α,β-unsaturated/α-hetero) is 1. The molecule has 1 aromatic rings. The maximum atomic E-state index is 12.7. The Morgan fingerprint density at radius 3 is 2.11 bits per heavy atom. The number of carboxylic acid groups (broad SMARTS) is 1. The smallest absolute Gasteiger partial charge is 0.418 e. The Morgan fingerprint density at radius 2 is 1.70 bits per heavy atom. The number of carboxylic acids is 1. The summed E-state index contributed by atoms with van der Waals surface area (Å²) in [5, 5.41) is 9.81. The minimum Gasteiger partial charge on any atom is -0.479 e. The van der Waals surface area contributed by atoms with Crippen LogP contribution in [0.25, 0.3) is 0 Å². The van der Waals surface area contributed by atoms with Crippen molar-refractivity contribution in [1.29, 1.82) is 0 Å². The van der Waals surface area contributed by atoms with E-state index in [0.717, 1.165) is 0 Å². The molecule has 0 aromatic heterocycles. The van der Waals surface area contributed by atoms with Crippen molar-refractivity contribution in [3.63, 3.8) is 0 Å². The molecule has 148 valence electrons. The molecular weight excluding hydrogens is 354 g/mol. The predicted molar refractivity (Wildman–Crippen MR) is 96.4 cm³/mol. The second kappa shape index (κ2) is 9.24. The number of ketones is 1. The van der Waals surface area contributed by atoms with Crippen LogP contribution in [-0.2, 0) is 25.7 Å². The monoisotopic (exact) mass is 379 g/mol. The summed E-state index contributed by atoms with van der Waals surface area (Å²) in [6.45, 7) is 3.17. The van der Waals surface area contributed by atoms with Gasteiger partial charge in [-0.3, -0.25) is 9.59 Å². The van der Waals surface area contributed by atoms with E-state index in [1.807, 2.05) is 0 Å². The molecule has 2 unspecified atom stereocenters. The number of hydrogen-bond acceptors (Lipinski definition) is 7. The Kier molecular flexibility index (Phi) is 7.62. The number of imide groups is 1. The first-order valence-corrected chi connectivity index (χ1v) is 8.37. The van der Waals surface area contributed by atoms with Crippen LogP contribution in [-0.4, -0.2) is 51.9 Å². The van der Waals surface area contributed by atoms with Gasteiger partial charge in [0.05, 0.1) is 12.6 Å². The molecule has 0 aliphatic rings. The van der Waals surface area contributed by atoms with Gasteiger partial charge in [-0.15, -0.1) is 0 Å². The van der Waals surface area contributed by atoms with Gasteiger partial charge in [0, 0.05) is 0 Å². The van der Waals surface area contributed by atoms with Gasteiger partial charge in [0.25, 0.3) is 0 Å². The molecule has 1 aromatic carbocycles. The third-order valence-corrected chi connectivity index (χ3v) is 4.12. The lowest BCUT2D eigenvalue weighted by Crippen LogP contribution is -2.69. The zero-order valence-electron chi connectivity index (χ0n) is 15.5. The fourth-order valence-corrected chi connectivity index (χ4v) is 2.72. The number of amides is 2. The second-order valence-electron chi connectivity index (χ2n) is 6.36. The van der Waals surface area contributed by atoms with Crippen LogP contribution in [0.1, 0.15) is 26.3 Å². The summed E-state index contributed by atoms with van der Waals surface area (Å²) in [5.74, 6) is -4.71. The summed E-state index contributed by atoms with van der Waals surface area (Å²) in [6, 6.07) is 7.35. The first kappa shape index (κ1) is 22.3. The van der Waals surface area contributed by atoms with Crippen LogP contribution in [0.4, 0.5) is 4.79 Å². The van der Waals surface area contributed by atoms with Crippen LogP contribution in [0.5, 0.6) is 0 Å². The molecule has 9 heteroatoms. The summed E-state index contributed by atoms with van der Waals surface area (Å²) < 4.78 is 5.12. The van der Waals surface area contributed by atoms with E-state index in [2.05, 4.69) is 0 Å². The Morgan fingerprint density at radius 1 is 1.15 bits per heavy atom. The number of nitrogens with two attached hydrogens (primary N) is 2. The zero-order chi connectivity index (χ0) is 20.8. The van der Waals surface area contributed by atoms with E-state index in [9.17, 15) is 24.3 Å². The van der Waals surface area contributed by atoms with E-state index >= 15 is 0 Å². The van der Waals surface area contributed by atoms with Gasteiger partial charge in [-0.05, 0) is 18.4 Å². The fraction of sp³-hybridized carbons (Fsp3) is 0.444. The van der Waals surface area contributed by atoms with Crippen LogP contribution >= 0.6 is 0 Å². The van der Waals surface area contributed by atoms with E-state index in [-0.39, 0.29) is 6.61 Å². The largest absolute Gasteiger partial charge is 0.479 e. The molecule has 0 saturated carbocycles. The van der Waals surface area contributed by atoms with Gasteiger partial charge < -0.3 is 21.3 Å². The SMILES string of the molecule is CC(N)C(=O)N(C(=O)OCc1ccccc1)C(C(=O)O)(C(=O)CN)C(C)C. The lowest BCUT2D eigenvalue weighted by Gasteiger charge is -2.40. The third kappa shape index (κ3) is 4.50. The molecule has 0 aliphatic heterocycles. The summed E-state index contributed by atoms with van der Waals surface area (Å²) >= 11 is 0. The molecule has 5 N–H and O–H groups in total. The predicted octanol–water partition coefficient (Wildman–Crippen LogP) is 0.506. The van der Waals surface area contributed by atoms with Gasteiger partial charge in [0.15, 0.2) is 5.78 Å². The van der Waals surface area contributed by atoms with Crippen molar-refractivity contribution in [2.24, 2.45) is 17.4 Å². The van der Waals surface area contributed by atoms with E-state index in [0.29, 0.717) is 10.5 Å². The molecule has 0 heterocycles. The molecular formula is C18H25N3O6. The first-order chi connectivity index (χ1) is 12.6. The summed E-state index contributed by atoms with van der Waals surface area (Å²) in [4.78, 5) is 50.2. The highest BCUT2D eigenvalue weighted by Crippen LogP contribution is 2.29. The van der Waals surface area contributed by atoms with E-state index in [1.54, 1.807) is 30.3 Å². The number of carbonyl (C=O) groups excluding carboxylic acids is 3. The highest BCUT2D eigenvalue weighted by Gasteiger charge is 2.58. The third-order valence-electron chi connectivity index (χ3n) is 4.12. The van der Waals surface area contributed by atoms with Gasteiger partial charge in [-0.25, -0.2) is 14.5 Å². The van der Waals surface area contributed by atoms with E-state index in [1.165, 1.54) is 20.8 Å². The number of nitrogens with zero attached hydrogens (tertiary/aromatic N) is 1. The van der Waals surface area contributed by atoms with Crippen molar-refractivity contribution in [3.8, 4) is 0 Å². The molecule has 0 bridgehead atoms. The molecule has 0 fully saturated rings. The zero-order valence-corrected chi connectivity index (χ0v) is 15.5. The molecule has 0 aliphatic carbocycles. The quantitative estimate of drug-likeness (QED) is 0.552. The topological polar surface area (TPSA) is 153 Å². The Labute approximate surface area is 157 Å². The molecule has 0 spiro atoms. The number of aliphatic carboxylic acids is 1. The minimum absolute atomic E-state index is 0.215. The molecule has 0 radical (unpaired) electrons. The van der Waals surface area contributed by atoms with Crippen LogP contribution in [0, 0.1) is 5.92 Å². The molecule has 2 atom stereocenters. The Hall–Kier alpha value is -2.78. The summed E-state index contributed by atoms with van der Waals surface area (Å²) in [6.07, 6.45) is -1.28. The standard InChI is InChI=1S/C18H25N3O6/c1-11(2)18(16(24)25,14(22)9-19)21(15(23)12(3)20)17(26)27-10-13-7-5-4-6-8-13/h4-8,11-12H,9-10,19-20H2,1-3H3,(H,24,25). The van der Waals surface area contributed by atoms with Gasteiger partial charge in [-0.2, -0.15) is 0 Å². The van der Waals surface area contributed by atoms with Crippen LogP contribution < -0.4 is 11.5 Å². The number of hydrogen-bond donors (Lipinski definition) is 3. The summed E-state index contributed by atoms with van der Waals surface area (Å²) in [5.41, 5.74) is 9.06. The highest BCUT2D eigenvalue weighted by molar-refractivity contribution is 6.15. The maximum absolute atomic E-state index is 12.7. The van der Waals surface area contributed by atoms with Gasteiger partial charge in [0.1, 0.15) is 6.61 Å². The average Bonchev–Trinajstić information content (AvgIpc) is 2.63. The molecule has 27 heavy (non-hydrogen) atoms. The van der Waals surface area contributed by atoms with Crippen molar-refractivity contribution in [2.45, 2.75) is 39.0 Å². The van der Waals surface area contributed by atoms with Crippen molar-refractivity contribution < 1.29 is 29.0 Å². The van der Waals surface area contributed by atoms with E-state index < -0.39 is 47.8 Å². The number of rotatable bonds is 8. The van der Waals surface area contributed by atoms with Crippen LogP contribution in [0.3, 0.4) is 0 Å². The lowest BCUT2D eigenvalue weighted by molar-refractivity contribution is -0.166. The number of benzene rings is 1. The molecule has 1 rings (SSSR count). The molecule has 0 saturated heterocycles. The van der Waals surface area contributed by atoms with Gasteiger partial charge in [-0.1, -0.05) is 44.2 Å². The van der Waals surface area contributed by atoms with Crippen molar-refractivity contribution in [2.75, 3.05) is 6.54 Å². The number of ether oxygens (including phenoxy) is 1. The van der Waals surface area contributed by atoms with Gasteiger partial charge >= 0.3 is 12.1 Å². The van der Waals surface area contributed by atoms with Gasteiger partial charge in [0.2, 0.25) is 11.4 Å². The molecule has 2 amide bonds. The van der Waals surface area contributed by atoms with Crippen molar-refractivity contribution in [1.82, 2.24) is 4.90 Å². The normalized spacial score (nSPS) is 14.1. The Balaban J connectivity index is 3.39. The highest BCUT2D eigenvalue weighted by atomic mass is 16.6. The Bertz CT molecular complexity index is 704. The fourth-order valence-electron chi connectivity index (χ4n) is 2.72. The molecule has 9 nitrogen and oxygen atoms in total.